The Hall–Kier alpha value is -4.56. The molecule has 0 fully saturated rings. The Labute approximate surface area is 197 Å². The zero-order valence-corrected chi connectivity index (χ0v) is 18.5. The zero-order chi connectivity index (χ0) is 22.5. The van der Waals surface area contributed by atoms with Crippen LogP contribution in [0, 0.1) is 0 Å². The average molecular weight is 436 g/mol. The van der Waals surface area contributed by atoms with Crippen LogP contribution in [0.2, 0.25) is 0 Å². The first kappa shape index (κ1) is 19.0. The van der Waals surface area contributed by atoms with Gasteiger partial charge in [-0.15, -0.1) is 0 Å². The number of benzene rings is 6. The molecule has 0 saturated carbocycles. The molecule has 1 heterocycles. The predicted octanol–water partition coefficient (Wildman–Crippen LogP) is 9.36. The third-order valence-corrected chi connectivity index (χ3v) is 6.60. The molecule has 0 amide bonds. The molecule has 0 spiro atoms. The minimum absolute atomic E-state index is 0.893. The predicted molar refractivity (Wildman–Crippen MR) is 143 cm³/mol. The number of fused-ring (bicyclic) bond motifs is 5. The third kappa shape index (κ3) is 2.96. The monoisotopic (exact) mass is 435 g/mol. The van der Waals surface area contributed by atoms with E-state index in [1.807, 2.05) is 0 Å². The van der Waals surface area contributed by atoms with Gasteiger partial charge >= 0.3 is 0 Å². The molecule has 0 unspecified atom stereocenters. The SMILES string of the molecule is c1ccc(N(c2ccc3c(c2)oc2cc4ccccc4cc23)c2cccc3ccccc23)cc1. The van der Waals surface area contributed by atoms with E-state index in [0.29, 0.717) is 0 Å². The number of rotatable bonds is 3. The number of nitrogens with zero attached hydrogens (tertiary/aromatic N) is 1. The van der Waals surface area contributed by atoms with Gasteiger partial charge in [0.25, 0.3) is 0 Å². The van der Waals surface area contributed by atoms with Crippen LogP contribution in [0.5, 0.6) is 0 Å². The van der Waals surface area contributed by atoms with Crippen LogP contribution >= 0.6 is 0 Å². The second-order valence-corrected chi connectivity index (χ2v) is 8.65. The summed E-state index contributed by atoms with van der Waals surface area (Å²) in [5.41, 5.74) is 5.13. The molecule has 0 radical (unpaired) electrons. The quantitative estimate of drug-likeness (QED) is 0.275. The molecule has 0 aliphatic rings. The highest BCUT2D eigenvalue weighted by atomic mass is 16.3. The molecule has 7 aromatic rings. The molecule has 6 aromatic carbocycles. The van der Waals surface area contributed by atoms with Crippen LogP contribution in [0.4, 0.5) is 17.1 Å². The highest BCUT2D eigenvalue weighted by Gasteiger charge is 2.17. The van der Waals surface area contributed by atoms with Crippen molar-refractivity contribution in [1.82, 2.24) is 0 Å². The second-order valence-electron chi connectivity index (χ2n) is 8.65. The van der Waals surface area contributed by atoms with Gasteiger partial charge in [0.05, 0.1) is 5.69 Å². The van der Waals surface area contributed by atoms with E-state index >= 15 is 0 Å². The van der Waals surface area contributed by atoms with Crippen molar-refractivity contribution in [1.29, 1.82) is 0 Å². The standard InChI is InChI=1S/C32H21NO/c1-2-13-25(14-3-1)33(30-16-8-12-22-9-6-7-15-27(22)30)26-17-18-28-29-19-23-10-4-5-11-24(23)20-31(29)34-32(28)21-26/h1-21H. The fourth-order valence-electron chi connectivity index (χ4n) is 5.00. The minimum Gasteiger partial charge on any atom is -0.456 e. The fourth-order valence-corrected chi connectivity index (χ4v) is 5.00. The average Bonchev–Trinajstić information content (AvgIpc) is 3.25. The van der Waals surface area contributed by atoms with E-state index in [2.05, 4.69) is 132 Å². The lowest BCUT2D eigenvalue weighted by Gasteiger charge is -2.26. The molecule has 2 nitrogen and oxygen atoms in total. The van der Waals surface area contributed by atoms with E-state index < -0.39 is 0 Å². The number of anilines is 3. The van der Waals surface area contributed by atoms with Gasteiger partial charge in [-0.3, -0.25) is 0 Å². The lowest BCUT2D eigenvalue weighted by molar-refractivity contribution is 0.669. The van der Waals surface area contributed by atoms with Crippen molar-refractivity contribution in [2.45, 2.75) is 0 Å². The topological polar surface area (TPSA) is 16.4 Å². The molecule has 34 heavy (non-hydrogen) atoms. The van der Waals surface area contributed by atoms with E-state index in [9.17, 15) is 0 Å². The molecule has 0 aliphatic carbocycles. The van der Waals surface area contributed by atoms with Gasteiger partial charge in [-0.25, -0.2) is 0 Å². The Bertz CT molecular complexity index is 1810. The van der Waals surface area contributed by atoms with E-state index in [1.165, 1.54) is 21.5 Å². The molecule has 2 heteroatoms. The molecule has 0 N–H and O–H groups in total. The Morgan fingerprint density at radius 2 is 1.09 bits per heavy atom. The summed E-state index contributed by atoms with van der Waals surface area (Å²) in [6.45, 7) is 0. The first-order valence-corrected chi connectivity index (χ1v) is 11.5. The van der Waals surface area contributed by atoms with E-state index in [1.54, 1.807) is 0 Å². The van der Waals surface area contributed by atoms with E-state index in [0.717, 1.165) is 39.0 Å². The molecular weight excluding hydrogens is 414 g/mol. The summed E-state index contributed by atoms with van der Waals surface area (Å²) in [7, 11) is 0. The molecule has 160 valence electrons. The summed E-state index contributed by atoms with van der Waals surface area (Å²) in [5, 5.41) is 7.13. The normalized spacial score (nSPS) is 11.5. The number of para-hydroxylation sites is 1. The van der Waals surface area contributed by atoms with Crippen LogP contribution in [0.1, 0.15) is 0 Å². The van der Waals surface area contributed by atoms with Crippen LogP contribution in [0.25, 0.3) is 43.5 Å². The van der Waals surface area contributed by atoms with Gasteiger partial charge in [-0.1, -0.05) is 78.9 Å². The van der Waals surface area contributed by atoms with Gasteiger partial charge in [0.15, 0.2) is 0 Å². The lowest BCUT2D eigenvalue weighted by Crippen LogP contribution is -2.10. The molecule has 0 atom stereocenters. The second kappa shape index (κ2) is 7.50. The summed E-state index contributed by atoms with van der Waals surface area (Å²) in [4.78, 5) is 2.31. The van der Waals surface area contributed by atoms with Crippen molar-refractivity contribution in [3.63, 3.8) is 0 Å². The van der Waals surface area contributed by atoms with E-state index in [-0.39, 0.29) is 0 Å². The molecule has 7 rings (SSSR count). The maximum Gasteiger partial charge on any atom is 0.137 e. The van der Waals surface area contributed by atoms with Gasteiger partial charge in [0.2, 0.25) is 0 Å². The fraction of sp³-hybridized carbons (Fsp3) is 0. The lowest BCUT2D eigenvalue weighted by atomic mass is 10.0. The maximum absolute atomic E-state index is 6.38. The first-order valence-electron chi connectivity index (χ1n) is 11.5. The Morgan fingerprint density at radius 3 is 1.94 bits per heavy atom. The first-order chi connectivity index (χ1) is 16.8. The number of hydrogen-bond acceptors (Lipinski definition) is 2. The Morgan fingerprint density at radius 1 is 0.412 bits per heavy atom. The molecule has 0 bridgehead atoms. The summed E-state index contributed by atoms with van der Waals surface area (Å²) in [5.74, 6) is 0. The number of hydrogen-bond donors (Lipinski definition) is 0. The summed E-state index contributed by atoms with van der Waals surface area (Å²) < 4.78 is 6.38. The highest BCUT2D eigenvalue weighted by Crippen LogP contribution is 2.41. The number of furan rings is 1. The van der Waals surface area contributed by atoms with Crippen molar-refractivity contribution in [2.75, 3.05) is 4.90 Å². The van der Waals surface area contributed by atoms with Crippen molar-refractivity contribution in [3.05, 3.63) is 127 Å². The molecule has 1 aromatic heterocycles. The van der Waals surface area contributed by atoms with Gasteiger partial charge in [-0.05, 0) is 58.6 Å². The van der Waals surface area contributed by atoms with Crippen molar-refractivity contribution in [2.24, 2.45) is 0 Å². The van der Waals surface area contributed by atoms with Crippen molar-refractivity contribution in [3.8, 4) is 0 Å². The molecule has 0 saturated heterocycles. The molecule has 0 aliphatic heterocycles. The minimum atomic E-state index is 0.893. The van der Waals surface area contributed by atoms with Crippen LogP contribution in [-0.4, -0.2) is 0 Å². The largest absolute Gasteiger partial charge is 0.456 e. The molecular formula is C32H21NO. The summed E-state index contributed by atoms with van der Waals surface area (Å²) in [6, 6.07) is 44.9. The van der Waals surface area contributed by atoms with Gasteiger partial charge in [0.1, 0.15) is 11.2 Å². The van der Waals surface area contributed by atoms with E-state index in [4.69, 9.17) is 4.42 Å². The Balaban J connectivity index is 1.48. The van der Waals surface area contributed by atoms with Crippen LogP contribution in [0.15, 0.2) is 132 Å². The van der Waals surface area contributed by atoms with Gasteiger partial charge in [-0.2, -0.15) is 0 Å². The van der Waals surface area contributed by atoms with Crippen molar-refractivity contribution < 1.29 is 4.42 Å². The Kier molecular flexibility index (Phi) is 4.18. The summed E-state index contributed by atoms with van der Waals surface area (Å²) in [6.07, 6.45) is 0. The zero-order valence-electron chi connectivity index (χ0n) is 18.5. The summed E-state index contributed by atoms with van der Waals surface area (Å²) >= 11 is 0. The van der Waals surface area contributed by atoms with Gasteiger partial charge in [0, 0.05) is 33.6 Å². The smallest absolute Gasteiger partial charge is 0.137 e. The van der Waals surface area contributed by atoms with Gasteiger partial charge < -0.3 is 9.32 Å². The highest BCUT2D eigenvalue weighted by molar-refractivity contribution is 6.11. The van der Waals surface area contributed by atoms with Crippen LogP contribution in [0.3, 0.4) is 0 Å². The maximum atomic E-state index is 6.38. The van der Waals surface area contributed by atoms with Crippen molar-refractivity contribution >= 4 is 60.5 Å². The van der Waals surface area contributed by atoms with Crippen LogP contribution in [-0.2, 0) is 0 Å². The van der Waals surface area contributed by atoms with Crippen LogP contribution < -0.4 is 4.90 Å². The third-order valence-electron chi connectivity index (χ3n) is 6.60.